The minimum absolute atomic E-state index is 0.0573. The van der Waals surface area contributed by atoms with Gasteiger partial charge in [0.15, 0.2) is 0 Å². The number of hydrogen-bond acceptors (Lipinski definition) is 7. The number of ether oxygens (including phenoxy) is 1. The molecule has 1 saturated heterocycles. The molecule has 0 radical (unpaired) electrons. The van der Waals surface area contributed by atoms with Crippen LogP contribution in [-0.4, -0.2) is 44.1 Å². The molecule has 4 fully saturated rings. The zero-order valence-corrected chi connectivity index (χ0v) is 17.5. The Morgan fingerprint density at radius 3 is 2.71 bits per heavy atom. The third kappa shape index (κ3) is 3.85. The van der Waals surface area contributed by atoms with Crippen molar-refractivity contribution in [3.8, 4) is 0 Å². The molecule has 9 heteroatoms. The molecule has 31 heavy (non-hydrogen) atoms. The summed E-state index contributed by atoms with van der Waals surface area (Å²) in [6, 6.07) is 0. The molecule has 4 unspecified atom stereocenters. The summed E-state index contributed by atoms with van der Waals surface area (Å²) in [5.74, 6) is 0.229. The van der Waals surface area contributed by atoms with Gasteiger partial charge in [-0.1, -0.05) is 6.42 Å². The standard InChI is InChI=1S/C22H27N3O6/c26-18-4-5-19(27)25(18)31-20(28)6-3-17-12-24(13-23-17)21(29)30-22-7-1-2-14-8-15(11-22)10-16(22)9-14/h12-16H,1-11H2. The first-order chi connectivity index (χ1) is 14.9. The smallest absolute Gasteiger partial charge is 0.419 e. The fraction of sp³-hybridized carbons (Fsp3) is 0.682. The molecule has 9 nitrogen and oxygen atoms in total. The molecule has 0 N–H and O–H groups in total. The maximum Gasteiger partial charge on any atom is 0.419 e. The van der Waals surface area contributed by atoms with E-state index < -0.39 is 23.9 Å². The summed E-state index contributed by atoms with van der Waals surface area (Å²) in [4.78, 5) is 56.9. The van der Waals surface area contributed by atoms with Crippen LogP contribution in [0.2, 0.25) is 0 Å². The van der Waals surface area contributed by atoms with Gasteiger partial charge in [0.05, 0.1) is 12.1 Å². The van der Waals surface area contributed by atoms with Crippen LogP contribution in [0.3, 0.4) is 0 Å². The first-order valence-electron chi connectivity index (χ1n) is 11.2. The van der Waals surface area contributed by atoms with Gasteiger partial charge in [0.1, 0.15) is 11.9 Å². The summed E-state index contributed by atoms with van der Waals surface area (Å²) in [5.41, 5.74) is 0.201. The second-order valence-corrected chi connectivity index (χ2v) is 9.48. The van der Waals surface area contributed by atoms with Gasteiger partial charge in [0.2, 0.25) is 0 Å². The zero-order valence-electron chi connectivity index (χ0n) is 17.5. The maximum atomic E-state index is 12.9. The second kappa shape index (κ2) is 7.76. The van der Waals surface area contributed by atoms with Crippen molar-refractivity contribution in [3.63, 3.8) is 0 Å². The monoisotopic (exact) mass is 429 g/mol. The predicted molar refractivity (Wildman–Crippen MR) is 105 cm³/mol. The molecule has 1 aromatic heterocycles. The van der Waals surface area contributed by atoms with Crippen molar-refractivity contribution in [1.82, 2.24) is 14.6 Å². The minimum atomic E-state index is -0.689. The summed E-state index contributed by atoms with van der Waals surface area (Å²) in [5, 5.41) is 0.535. The van der Waals surface area contributed by atoms with Crippen molar-refractivity contribution < 1.29 is 28.8 Å². The number of imide groups is 1. The summed E-state index contributed by atoms with van der Waals surface area (Å²) in [7, 11) is 0. The topological polar surface area (TPSA) is 108 Å². The first-order valence-corrected chi connectivity index (χ1v) is 11.2. The van der Waals surface area contributed by atoms with E-state index in [0.717, 1.165) is 25.2 Å². The number of hydrogen-bond donors (Lipinski definition) is 0. The van der Waals surface area contributed by atoms with E-state index in [2.05, 4.69) is 4.98 Å². The number of fused-ring (bicyclic) bond motifs is 2. The largest absolute Gasteiger partial charge is 0.442 e. The molecule has 1 aromatic rings. The molecule has 0 aromatic carbocycles. The Kier molecular flexibility index (Phi) is 5.06. The van der Waals surface area contributed by atoms with E-state index in [0.29, 0.717) is 22.6 Å². The summed E-state index contributed by atoms with van der Waals surface area (Å²) >= 11 is 0. The van der Waals surface area contributed by atoms with Gasteiger partial charge in [0, 0.05) is 25.5 Å². The Morgan fingerprint density at radius 1 is 1.13 bits per heavy atom. The van der Waals surface area contributed by atoms with Crippen LogP contribution in [0, 0.1) is 17.8 Å². The van der Waals surface area contributed by atoms with Gasteiger partial charge in [-0.25, -0.2) is 19.1 Å². The van der Waals surface area contributed by atoms with Crippen LogP contribution < -0.4 is 0 Å². The average molecular weight is 429 g/mol. The SMILES string of the molecule is O=C(CCc1cn(C(=O)OC23CCCC4CC(CC2C4)C3)cn1)ON1C(=O)CCC1=O. The quantitative estimate of drug-likeness (QED) is 0.662. The third-order valence-electron chi connectivity index (χ3n) is 7.41. The van der Waals surface area contributed by atoms with Crippen molar-refractivity contribution in [1.29, 1.82) is 0 Å². The van der Waals surface area contributed by atoms with Crippen molar-refractivity contribution in [2.45, 2.75) is 76.2 Å². The number of carbonyl (C=O) groups is 4. The molecule has 2 amide bonds. The van der Waals surface area contributed by atoms with Gasteiger partial charge in [-0.15, -0.1) is 5.06 Å². The predicted octanol–water partition coefficient (Wildman–Crippen LogP) is 2.77. The molecule has 4 atom stereocenters. The summed E-state index contributed by atoms with van der Waals surface area (Å²) < 4.78 is 7.47. The molecule has 3 saturated carbocycles. The highest BCUT2D eigenvalue weighted by Crippen LogP contribution is 2.57. The van der Waals surface area contributed by atoms with Crippen molar-refractivity contribution in [2.75, 3.05) is 0 Å². The molecule has 2 heterocycles. The molecular formula is C22H27N3O6. The van der Waals surface area contributed by atoms with Crippen LogP contribution in [-0.2, 0) is 30.4 Å². The van der Waals surface area contributed by atoms with Gasteiger partial charge >= 0.3 is 12.1 Å². The summed E-state index contributed by atoms with van der Waals surface area (Å²) in [6.45, 7) is 0. The van der Waals surface area contributed by atoms with Crippen LogP contribution >= 0.6 is 0 Å². The van der Waals surface area contributed by atoms with E-state index >= 15 is 0 Å². The first kappa shape index (κ1) is 20.2. The lowest BCUT2D eigenvalue weighted by atomic mass is 9.79. The number of carbonyl (C=O) groups excluding carboxylic acids is 4. The van der Waals surface area contributed by atoms with Gasteiger partial charge in [-0.3, -0.25) is 9.59 Å². The molecule has 0 spiro atoms. The van der Waals surface area contributed by atoms with Gasteiger partial charge in [-0.2, -0.15) is 0 Å². The molecule has 3 aliphatic carbocycles. The molecule has 5 rings (SSSR count). The lowest BCUT2D eigenvalue weighted by molar-refractivity contribution is -0.197. The van der Waals surface area contributed by atoms with E-state index in [1.54, 1.807) is 6.20 Å². The van der Waals surface area contributed by atoms with Crippen LogP contribution in [0.1, 0.15) is 69.9 Å². The van der Waals surface area contributed by atoms with E-state index in [4.69, 9.17) is 9.57 Å². The van der Waals surface area contributed by atoms with E-state index in [9.17, 15) is 19.2 Å². The lowest BCUT2D eigenvalue weighted by Gasteiger charge is -2.33. The van der Waals surface area contributed by atoms with Crippen LogP contribution in [0.15, 0.2) is 12.5 Å². The fourth-order valence-electron chi connectivity index (χ4n) is 6.08. The Labute approximate surface area is 180 Å². The number of nitrogens with zero attached hydrogens (tertiary/aromatic N) is 3. The number of aryl methyl sites for hydroxylation is 1. The minimum Gasteiger partial charge on any atom is -0.442 e. The van der Waals surface area contributed by atoms with Gasteiger partial charge in [0.25, 0.3) is 11.8 Å². The molecule has 3 bridgehead atoms. The maximum absolute atomic E-state index is 12.9. The van der Waals surface area contributed by atoms with Crippen LogP contribution in [0.5, 0.6) is 0 Å². The number of amides is 2. The Hall–Kier alpha value is -2.71. The highest BCUT2D eigenvalue weighted by Gasteiger charge is 2.54. The van der Waals surface area contributed by atoms with Crippen molar-refractivity contribution in [3.05, 3.63) is 18.2 Å². The number of rotatable bonds is 5. The Morgan fingerprint density at radius 2 is 1.90 bits per heavy atom. The zero-order chi connectivity index (χ0) is 21.6. The highest BCUT2D eigenvalue weighted by atomic mass is 16.7. The van der Waals surface area contributed by atoms with Crippen LogP contribution in [0.4, 0.5) is 4.79 Å². The Bertz CT molecular complexity index is 910. The molecule has 1 aliphatic heterocycles. The van der Waals surface area contributed by atoms with Crippen LogP contribution in [0.25, 0.3) is 0 Å². The average Bonchev–Trinajstić information content (AvgIpc) is 3.37. The summed E-state index contributed by atoms with van der Waals surface area (Å²) in [6.07, 6.45) is 10.7. The fourth-order valence-corrected chi connectivity index (χ4v) is 6.08. The third-order valence-corrected chi connectivity index (χ3v) is 7.41. The van der Waals surface area contributed by atoms with Crippen molar-refractivity contribution in [2.24, 2.45) is 17.8 Å². The van der Waals surface area contributed by atoms with Gasteiger partial charge < -0.3 is 9.57 Å². The van der Waals surface area contributed by atoms with Gasteiger partial charge in [-0.05, 0) is 56.3 Å². The number of hydroxylamine groups is 2. The number of aromatic nitrogens is 2. The second-order valence-electron chi connectivity index (χ2n) is 9.48. The highest BCUT2D eigenvalue weighted by molar-refractivity contribution is 6.01. The molecular weight excluding hydrogens is 402 g/mol. The van der Waals surface area contributed by atoms with Crippen molar-refractivity contribution >= 4 is 23.9 Å². The van der Waals surface area contributed by atoms with E-state index in [1.165, 1.54) is 36.6 Å². The lowest BCUT2D eigenvalue weighted by Crippen LogP contribution is -2.39. The molecule has 4 aliphatic rings. The Balaban J connectivity index is 1.17. The van der Waals surface area contributed by atoms with E-state index in [1.807, 2.05) is 0 Å². The van der Waals surface area contributed by atoms with E-state index in [-0.39, 0.29) is 31.3 Å². The number of imidazole rings is 1. The molecule has 166 valence electrons. The normalized spacial score (nSPS) is 31.7.